The number of carbonyl (C=O) groups excluding carboxylic acids is 1. The van der Waals surface area contributed by atoms with Crippen LogP contribution < -0.4 is 0 Å². The van der Waals surface area contributed by atoms with Crippen LogP contribution in [0.25, 0.3) is 269 Å². The molecule has 0 unspecified atom stereocenters. The van der Waals surface area contributed by atoms with Crippen molar-refractivity contribution in [3.8, 4) is 137 Å². The summed E-state index contributed by atoms with van der Waals surface area (Å²) in [5, 5.41) is 12.2. The van der Waals surface area contributed by atoms with Crippen molar-refractivity contribution < 1.29 is 9.53 Å². The Morgan fingerprint density at radius 1 is 0.217 bits per heavy atom. The van der Waals surface area contributed by atoms with Gasteiger partial charge >= 0.3 is 5.97 Å². The van der Waals surface area contributed by atoms with Gasteiger partial charge in [0.2, 0.25) is 0 Å². The molecule has 0 radical (unpaired) electrons. The Kier molecular flexibility index (Phi) is 17.8. The van der Waals surface area contributed by atoms with Gasteiger partial charge in [-0.25, -0.2) is 89.7 Å². The number of fused-ring (bicyclic) bond motifs is 60. The molecule has 12 aromatic carbocycles. The van der Waals surface area contributed by atoms with E-state index in [1.807, 2.05) is 273 Å². The summed E-state index contributed by atoms with van der Waals surface area (Å²) in [6.45, 7) is 4.48. The zero-order valence-corrected chi connectivity index (χ0v) is 69.5. The highest BCUT2D eigenvalue weighted by Gasteiger charge is 2.28. The van der Waals surface area contributed by atoms with Crippen LogP contribution >= 0.6 is 34.8 Å². The van der Waals surface area contributed by atoms with Crippen LogP contribution in [0.1, 0.15) is 6.92 Å². The summed E-state index contributed by atoms with van der Waals surface area (Å²) < 4.78 is 4.17. The Bertz CT molecular complexity index is 8230. The summed E-state index contributed by atoms with van der Waals surface area (Å²) >= 11 is 20.2. The smallest absolute Gasteiger partial charge is 0.307 e. The lowest BCUT2D eigenvalue weighted by molar-refractivity contribution is -0.135. The minimum atomic E-state index is -0.329. The van der Waals surface area contributed by atoms with Gasteiger partial charge in [0.05, 0.1) is 21.3 Å². The maximum absolute atomic E-state index is 9.75. The number of esters is 1. The van der Waals surface area contributed by atoms with Crippen molar-refractivity contribution in [1.29, 1.82) is 0 Å². The number of hydrogen-bond donors (Lipinski definition) is 6. The van der Waals surface area contributed by atoms with Gasteiger partial charge in [0.15, 0.2) is 69.9 Å². The first kappa shape index (κ1) is 75.5. The highest BCUT2D eigenvalue weighted by Crippen LogP contribution is 2.44. The molecule has 9 aromatic heterocycles. The number of aromatic nitrogens is 24. The fourth-order valence-corrected chi connectivity index (χ4v) is 17.9. The van der Waals surface area contributed by atoms with Crippen LogP contribution in [0.2, 0.25) is 15.1 Å². The predicted molar refractivity (Wildman–Crippen MR) is 505 cm³/mol. The van der Waals surface area contributed by atoms with Crippen LogP contribution in [0, 0.1) is 0 Å². The van der Waals surface area contributed by atoms with Crippen LogP contribution in [-0.2, 0) is 9.53 Å². The van der Waals surface area contributed by atoms with Crippen LogP contribution in [0.5, 0.6) is 0 Å². The number of rotatable bonds is 1. The third-order valence-electron chi connectivity index (χ3n) is 22.8. The van der Waals surface area contributed by atoms with Gasteiger partial charge in [-0.15, -0.1) is 0 Å². The Morgan fingerprint density at radius 2 is 0.364 bits per heavy atom. The van der Waals surface area contributed by atoms with Gasteiger partial charge in [0.25, 0.3) is 0 Å². The maximum Gasteiger partial charge on any atom is 0.307 e. The van der Waals surface area contributed by atoms with Crippen molar-refractivity contribution in [1.82, 2.24) is 120 Å². The van der Waals surface area contributed by atoms with E-state index in [-0.39, 0.29) is 5.97 Å². The number of ether oxygens (including phenoxy) is 1. The minimum Gasteiger partial charge on any atom is -0.435 e. The lowest BCUT2D eigenvalue weighted by Crippen LogP contribution is -1.87. The van der Waals surface area contributed by atoms with Crippen molar-refractivity contribution in [2.24, 2.45) is 0 Å². The van der Waals surface area contributed by atoms with Crippen molar-refractivity contribution in [2.75, 3.05) is 0 Å². The molecule has 21 aromatic rings. The van der Waals surface area contributed by atoms with E-state index in [1.54, 1.807) is 0 Å². The van der Waals surface area contributed by atoms with Crippen molar-refractivity contribution in [3.05, 3.63) is 301 Å². The van der Waals surface area contributed by atoms with Crippen molar-refractivity contribution in [2.45, 2.75) is 6.92 Å². The van der Waals surface area contributed by atoms with E-state index in [9.17, 15) is 4.79 Å². The first-order chi connectivity index (χ1) is 63.4. The standard InChI is InChI=1S/3C32H17ClN8.C4H6O2/c3*33-23-15-7-14-22-24(23)32-40-30-21-13-6-5-12-20(21)28(38-30)36-26-17-9-2-1-8-16(17)25(34-26)35-27-18-10-3-4-11-19(18)29(37-27)39-31(22)41-32;1-3-6-4(2)5/h3*1-15H,(H2,34,35,36,37,38,39,40,41);3H,1H2,2H3. The summed E-state index contributed by atoms with van der Waals surface area (Å²) in [6.07, 6.45) is 1.10. The average Bonchev–Trinajstić information content (AvgIpc) is 1.60. The summed E-state index contributed by atoms with van der Waals surface area (Å²) in [5.74, 6) is 6.38. The molecular formula is C100H57Cl3N24O2. The van der Waals surface area contributed by atoms with Crippen LogP contribution in [0.15, 0.2) is 286 Å². The second kappa shape index (κ2) is 30.3. The van der Waals surface area contributed by atoms with E-state index in [0.717, 1.165) is 138 Å². The van der Waals surface area contributed by atoms with E-state index in [4.69, 9.17) is 125 Å². The zero-order chi connectivity index (χ0) is 86.2. The normalized spacial score (nSPS) is 11.8. The number of halogens is 3. The quantitative estimate of drug-likeness (QED) is 0.0656. The first-order valence-electron chi connectivity index (χ1n) is 40.8. The van der Waals surface area contributed by atoms with Gasteiger partial charge in [0.1, 0.15) is 67.8 Å². The monoisotopic (exact) mass is 1730 g/mol. The predicted octanol–water partition coefficient (Wildman–Crippen LogP) is 23.3. The third kappa shape index (κ3) is 12.9. The van der Waals surface area contributed by atoms with Crippen LogP contribution in [-0.4, -0.2) is 126 Å². The molecule has 6 aliphatic heterocycles. The molecule has 0 fully saturated rings. The van der Waals surface area contributed by atoms with Gasteiger partial charge in [0, 0.05) is 138 Å². The molecule has 0 spiro atoms. The van der Waals surface area contributed by atoms with Gasteiger partial charge in [-0.3, -0.25) is 4.79 Å². The van der Waals surface area contributed by atoms with E-state index >= 15 is 0 Å². The molecule has 15 heterocycles. The molecule has 26 nitrogen and oxygen atoms in total. The molecule has 610 valence electrons. The molecule has 27 rings (SSSR count). The number of benzene rings is 12. The van der Waals surface area contributed by atoms with Gasteiger partial charge in [-0.1, -0.05) is 296 Å². The molecular weight excluding hydrogens is 1680 g/mol. The van der Waals surface area contributed by atoms with Crippen LogP contribution in [0.4, 0.5) is 0 Å². The number of hydrogen-bond acceptors (Lipinski definition) is 20. The van der Waals surface area contributed by atoms with Gasteiger partial charge in [-0.2, -0.15) is 0 Å². The average molecular weight is 1730 g/mol. The summed E-state index contributed by atoms with van der Waals surface area (Å²) in [6, 6.07) is 89.1. The fraction of sp³-hybridized carbons (Fsp3) is 0.0100. The third-order valence-corrected chi connectivity index (χ3v) is 23.8. The molecule has 0 saturated carbocycles. The van der Waals surface area contributed by atoms with Gasteiger partial charge in [-0.05, 0) is 18.2 Å². The van der Waals surface area contributed by atoms with E-state index in [0.29, 0.717) is 153 Å². The summed E-state index contributed by atoms with van der Waals surface area (Å²) in [7, 11) is 0. The van der Waals surface area contributed by atoms with Crippen molar-refractivity contribution >= 4 is 173 Å². The number of carbonyl (C=O) groups is 1. The maximum atomic E-state index is 9.75. The molecule has 6 N–H and O–H groups in total. The van der Waals surface area contributed by atoms with Crippen LogP contribution in [0.3, 0.4) is 0 Å². The Labute approximate surface area is 741 Å². The number of nitrogens with one attached hydrogen (secondary N) is 6. The molecule has 0 aliphatic carbocycles. The van der Waals surface area contributed by atoms with Gasteiger partial charge < -0.3 is 34.6 Å². The SMILES string of the molecule is C=COC(C)=O.Clc1cccc2c3nc4nc(nc5[nH]c(nc6nc(nc([nH]3)c12)-c1ccccc1-6)c1ccccc51)-c1ccccc1-4.Clc1cccc2c3nc4nc(nc5[nH]c(nc6nc(nc([nH]3)c12)-c1ccccc1-6)c1ccccc51)-c1ccccc1-4.Clc1cccc2c3nc4nc(nc5[nH]c(nc6nc(nc([nH]3)c12)-c1ccccc1-6)c1ccccc51)-c1ccccc1-4. The highest BCUT2D eigenvalue weighted by atomic mass is 35.5. The summed E-state index contributed by atoms with van der Waals surface area (Å²) in [5.41, 5.74) is 18.3. The summed E-state index contributed by atoms with van der Waals surface area (Å²) in [4.78, 5) is 120. The van der Waals surface area contributed by atoms with Crippen molar-refractivity contribution in [3.63, 3.8) is 0 Å². The number of H-pyrrole nitrogens is 6. The largest absolute Gasteiger partial charge is 0.435 e. The van der Waals surface area contributed by atoms with E-state index in [1.165, 1.54) is 6.92 Å². The molecule has 24 bridgehead atoms. The second-order valence-electron chi connectivity index (χ2n) is 30.5. The number of nitrogens with zero attached hydrogens (tertiary/aromatic N) is 18. The number of aromatic amines is 6. The molecule has 0 saturated heterocycles. The Balaban J connectivity index is 0.000000104. The molecule has 0 amide bonds. The molecule has 29 heteroatoms. The molecule has 129 heavy (non-hydrogen) atoms. The second-order valence-corrected chi connectivity index (χ2v) is 31.7. The first-order valence-corrected chi connectivity index (χ1v) is 42.0. The Hall–Kier alpha value is -17.2. The lowest BCUT2D eigenvalue weighted by atomic mass is 10.1. The van der Waals surface area contributed by atoms with E-state index in [2.05, 4.69) is 41.2 Å². The highest BCUT2D eigenvalue weighted by molar-refractivity contribution is 6.39. The van der Waals surface area contributed by atoms with E-state index < -0.39 is 0 Å². The zero-order valence-electron chi connectivity index (χ0n) is 67.3. The molecule has 6 aliphatic rings. The minimum absolute atomic E-state index is 0.329. The lowest BCUT2D eigenvalue weighted by Gasteiger charge is -1.96. The molecule has 0 atom stereocenters. The topological polar surface area (TPSA) is 353 Å². The fourth-order valence-electron chi connectivity index (χ4n) is 17.1. The Morgan fingerprint density at radius 3 is 0.527 bits per heavy atom.